The number of aliphatic hydroxyl groups is 1. The first kappa shape index (κ1) is 19.1. The summed E-state index contributed by atoms with van der Waals surface area (Å²) in [6.07, 6.45) is -4.39. The number of guanidine groups is 1. The summed E-state index contributed by atoms with van der Waals surface area (Å²) in [6, 6.07) is 5.05. The van der Waals surface area contributed by atoms with E-state index in [1.165, 1.54) is 0 Å². The summed E-state index contributed by atoms with van der Waals surface area (Å²) in [6.45, 7) is 3.40. The third-order valence-corrected chi connectivity index (χ3v) is 2.77. The highest BCUT2D eigenvalue weighted by Crippen LogP contribution is 2.24. The van der Waals surface area contributed by atoms with Crippen LogP contribution in [0, 0.1) is 6.92 Å². The third kappa shape index (κ3) is 7.73. The van der Waals surface area contributed by atoms with E-state index in [4.69, 9.17) is 9.84 Å². The highest BCUT2D eigenvalue weighted by molar-refractivity contribution is 5.79. The average molecular weight is 333 g/mol. The van der Waals surface area contributed by atoms with Gasteiger partial charge in [0.2, 0.25) is 0 Å². The van der Waals surface area contributed by atoms with Crippen molar-refractivity contribution in [2.24, 2.45) is 4.99 Å². The molecule has 0 heterocycles. The Hall–Kier alpha value is -1.96. The zero-order chi connectivity index (χ0) is 17.3. The number of hydrogen-bond donors (Lipinski definition) is 3. The Morgan fingerprint density at radius 1 is 1.30 bits per heavy atom. The molecular formula is C15H22F3N3O2. The van der Waals surface area contributed by atoms with Crippen LogP contribution in [-0.4, -0.2) is 43.5 Å². The van der Waals surface area contributed by atoms with Crippen LogP contribution >= 0.6 is 0 Å². The first-order valence-corrected chi connectivity index (χ1v) is 7.28. The normalized spacial score (nSPS) is 12.2. The van der Waals surface area contributed by atoms with Gasteiger partial charge in [-0.25, -0.2) is 4.99 Å². The Kier molecular flexibility index (Phi) is 7.67. The number of benzene rings is 1. The third-order valence-electron chi connectivity index (χ3n) is 2.77. The molecule has 0 atom stereocenters. The van der Waals surface area contributed by atoms with Gasteiger partial charge in [0.25, 0.3) is 0 Å². The molecule has 0 aliphatic rings. The van der Waals surface area contributed by atoms with Crippen molar-refractivity contribution < 1.29 is 23.0 Å². The van der Waals surface area contributed by atoms with Crippen LogP contribution in [0.1, 0.15) is 18.1 Å². The van der Waals surface area contributed by atoms with Gasteiger partial charge in [0.05, 0.1) is 13.2 Å². The van der Waals surface area contributed by atoms with Crippen LogP contribution in [0.2, 0.25) is 0 Å². The summed E-state index contributed by atoms with van der Waals surface area (Å²) in [5.41, 5.74) is 1.36. The number of nitrogens with one attached hydrogen (secondary N) is 2. The summed E-state index contributed by atoms with van der Waals surface area (Å²) in [5.74, 6) is 0.646. The zero-order valence-electron chi connectivity index (χ0n) is 13.2. The van der Waals surface area contributed by atoms with E-state index in [2.05, 4.69) is 15.6 Å². The van der Waals surface area contributed by atoms with Gasteiger partial charge in [-0.1, -0.05) is 12.1 Å². The lowest BCUT2D eigenvalue weighted by Crippen LogP contribution is -2.38. The molecule has 1 rings (SSSR count). The van der Waals surface area contributed by atoms with Crippen molar-refractivity contribution >= 4 is 5.96 Å². The predicted octanol–water partition coefficient (Wildman–Crippen LogP) is 1.98. The predicted molar refractivity (Wildman–Crippen MR) is 82.6 cm³/mol. The molecule has 0 unspecified atom stereocenters. The molecule has 8 heteroatoms. The summed E-state index contributed by atoms with van der Waals surface area (Å²) >= 11 is 0. The lowest BCUT2D eigenvalue weighted by molar-refractivity contribution is -0.153. The van der Waals surface area contributed by atoms with Gasteiger partial charge >= 0.3 is 6.18 Å². The zero-order valence-corrected chi connectivity index (χ0v) is 13.2. The number of aliphatic hydroxyl groups excluding tert-OH is 1. The number of rotatable bonds is 7. The number of alkyl halides is 3. The Morgan fingerprint density at radius 3 is 2.65 bits per heavy atom. The second-order valence-electron chi connectivity index (χ2n) is 4.86. The Morgan fingerprint density at radius 2 is 2.04 bits per heavy atom. The summed E-state index contributed by atoms with van der Waals surface area (Å²) in [7, 11) is 0. The first-order chi connectivity index (χ1) is 10.9. The Bertz CT molecular complexity index is 519. The molecule has 0 amide bonds. The molecule has 130 valence electrons. The van der Waals surface area contributed by atoms with Gasteiger partial charge in [0.1, 0.15) is 5.75 Å². The first-order valence-electron chi connectivity index (χ1n) is 7.28. The summed E-state index contributed by atoms with van der Waals surface area (Å²) < 4.78 is 41.9. The number of hydrogen-bond acceptors (Lipinski definition) is 3. The van der Waals surface area contributed by atoms with Crippen molar-refractivity contribution in [2.45, 2.75) is 26.6 Å². The fourth-order valence-corrected chi connectivity index (χ4v) is 1.77. The second kappa shape index (κ2) is 9.24. The molecule has 1 aromatic carbocycles. The maximum atomic E-state index is 12.3. The standard InChI is InChI=1S/C15H22F3N3O2/c1-3-19-14(20-6-7-22)21-9-12-5-4-11(2)8-13(12)23-10-15(16,17)18/h4-5,8,22H,3,6-7,9-10H2,1-2H3,(H2,19,20,21). The van der Waals surface area contributed by atoms with Crippen molar-refractivity contribution in [1.29, 1.82) is 0 Å². The van der Waals surface area contributed by atoms with Crippen molar-refractivity contribution in [3.8, 4) is 5.75 Å². The van der Waals surface area contributed by atoms with E-state index in [9.17, 15) is 13.2 Å². The highest BCUT2D eigenvalue weighted by atomic mass is 19.4. The quantitative estimate of drug-likeness (QED) is 0.527. The van der Waals surface area contributed by atoms with Crippen LogP contribution in [0.5, 0.6) is 5.75 Å². The molecule has 1 aromatic rings. The molecule has 0 aromatic heterocycles. The topological polar surface area (TPSA) is 65.9 Å². The largest absolute Gasteiger partial charge is 0.484 e. The molecule has 0 saturated carbocycles. The fourth-order valence-electron chi connectivity index (χ4n) is 1.77. The Balaban J connectivity index is 2.84. The summed E-state index contributed by atoms with van der Waals surface area (Å²) in [5, 5.41) is 14.7. The SMILES string of the molecule is CCNC(=NCc1ccc(C)cc1OCC(F)(F)F)NCCO. The van der Waals surface area contributed by atoms with E-state index in [0.29, 0.717) is 24.6 Å². The monoisotopic (exact) mass is 333 g/mol. The van der Waals surface area contributed by atoms with Gasteiger partial charge in [0, 0.05) is 18.7 Å². The van der Waals surface area contributed by atoms with E-state index in [-0.39, 0.29) is 18.9 Å². The molecule has 23 heavy (non-hydrogen) atoms. The fraction of sp³-hybridized carbons (Fsp3) is 0.533. The van der Waals surface area contributed by atoms with Crippen LogP contribution < -0.4 is 15.4 Å². The van der Waals surface area contributed by atoms with E-state index in [0.717, 1.165) is 5.56 Å². The minimum Gasteiger partial charge on any atom is -0.484 e. The van der Waals surface area contributed by atoms with Crippen LogP contribution in [0.3, 0.4) is 0 Å². The molecule has 3 N–H and O–H groups in total. The van der Waals surface area contributed by atoms with E-state index in [1.807, 2.05) is 6.92 Å². The van der Waals surface area contributed by atoms with E-state index < -0.39 is 12.8 Å². The molecule has 5 nitrogen and oxygen atoms in total. The smallest absolute Gasteiger partial charge is 0.422 e. The van der Waals surface area contributed by atoms with Crippen molar-refractivity contribution in [1.82, 2.24) is 10.6 Å². The minimum absolute atomic E-state index is 0.0467. The van der Waals surface area contributed by atoms with Gasteiger partial charge in [-0.05, 0) is 25.5 Å². The molecule has 0 aliphatic heterocycles. The van der Waals surface area contributed by atoms with Crippen molar-refractivity contribution in [3.05, 3.63) is 29.3 Å². The van der Waals surface area contributed by atoms with Gasteiger partial charge in [-0.15, -0.1) is 0 Å². The van der Waals surface area contributed by atoms with Crippen LogP contribution in [0.4, 0.5) is 13.2 Å². The molecule has 0 aliphatic carbocycles. The Labute approximate surface area is 133 Å². The lowest BCUT2D eigenvalue weighted by Gasteiger charge is -2.14. The molecule has 0 bridgehead atoms. The number of nitrogens with zero attached hydrogens (tertiary/aromatic N) is 1. The van der Waals surface area contributed by atoms with E-state index in [1.54, 1.807) is 25.1 Å². The van der Waals surface area contributed by atoms with Crippen LogP contribution in [0.15, 0.2) is 23.2 Å². The maximum absolute atomic E-state index is 12.3. The molecule has 0 radical (unpaired) electrons. The number of aryl methyl sites for hydroxylation is 1. The summed E-state index contributed by atoms with van der Waals surface area (Å²) in [4.78, 5) is 4.28. The number of ether oxygens (including phenoxy) is 1. The van der Waals surface area contributed by atoms with Crippen LogP contribution in [0.25, 0.3) is 0 Å². The van der Waals surface area contributed by atoms with E-state index >= 15 is 0 Å². The van der Waals surface area contributed by atoms with Crippen molar-refractivity contribution in [3.63, 3.8) is 0 Å². The average Bonchev–Trinajstić information content (AvgIpc) is 2.48. The maximum Gasteiger partial charge on any atom is 0.422 e. The van der Waals surface area contributed by atoms with Gasteiger partial charge in [-0.2, -0.15) is 13.2 Å². The lowest BCUT2D eigenvalue weighted by atomic mass is 10.1. The molecule has 0 fully saturated rings. The highest BCUT2D eigenvalue weighted by Gasteiger charge is 2.28. The number of aliphatic imine (C=N–C) groups is 1. The van der Waals surface area contributed by atoms with Crippen LogP contribution in [-0.2, 0) is 6.54 Å². The van der Waals surface area contributed by atoms with Gasteiger partial charge in [-0.3, -0.25) is 0 Å². The number of halogens is 3. The molecular weight excluding hydrogens is 311 g/mol. The molecule has 0 saturated heterocycles. The minimum atomic E-state index is -4.39. The second-order valence-corrected chi connectivity index (χ2v) is 4.86. The van der Waals surface area contributed by atoms with Crippen molar-refractivity contribution in [2.75, 3.05) is 26.3 Å². The molecule has 0 spiro atoms. The van der Waals surface area contributed by atoms with Gasteiger partial charge < -0.3 is 20.5 Å². The van der Waals surface area contributed by atoms with Gasteiger partial charge in [0.15, 0.2) is 12.6 Å².